The summed E-state index contributed by atoms with van der Waals surface area (Å²) in [6.45, 7) is 5.26. The zero-order valence-corrected chi connectivity index (χ0v) is 14.4. The highest BCUT2D eigenvalue weighted by molar-refractivity contribution is 6.31. The van der Waals surface area contributed by atoms with Crippen LogP contribution in [0.15, 0.2) is 24.3 Å². The van der Waals surface area contributed by atoms with Gasteiger partial charge in [0.1, 0.15) is 0 Å². The van der Waals surface area contributed by atoms with Gasteiger partial charge in [-0.25, -0.2) is 4.79 Å². The molecule has 2 N–H and O–H groups in total. The number of urea groups is 1. The molecule has 3 amide bonds. The van der Waals surface area contributed by atoms with Crippen molar-refractivity contribution in [1.29, 1.82) is 0 Å². The van der Waals surface area contributed by atoms with Gasteiger partial charge in [-0.2, -0.15) is 0 Å². The Morgan fingerprint density at radius 2 is 1.96 bits per heavy atom. The summed E-state index contributed by atoms with van der Waals surface area (Å²) >= 11 is 6.26. The second-order valence-corrected chi connectivity index (χ2v) is 6.46. The Hall–Kier alpha value is -1.75. The van der Waals surface area contributed by atoms with E-state index in [1.54, 1.807) is 0 Å². The summed E-state index contributed by atoms with van der Waals surface area (Å²) in [5.41, 5.74) is 0.995. The third-order valence-corrected chi connectivity index (χ3v) is 4.35. The lowest BCUT2D eigenvalue weighted by Gasteiger charge is -2.26. The standard InChI is InChI=1S/C17H24ClN3O2/c1-12(2)16(22)19-9-10-20-17(23)21-11-5-8-15(21)13-6-3-4-7-14(13)18/h3-4,6-7,12,15H,5,8-11H2,1-2H3,(H,19,22)(H,20,23)/t15-/m1/s1. The lowest BCUT2D eigenvalue weighted by atomic mass is 10.0. The number of rotatable bonds is 5. The van der Waals surface area contributed by atoms with Crippen LogP contribution in [-0.2, 0) is 4.79 Å². The average molecular weight is 338 g/mol. The first-order valence-electron chi connectivity index (χ1n) is 8.07. The highest BCUT2D eigenvalue weighted by Crippen LogP contribution is 2.35. The van der Waals surface area contributed by atoms with E-state index in [9.17, 15) is 9.59 Å². The van der Waals surface area contributed by atoms with Crippen LogP contribution in [0.5, 0.6) is 0 Å². The van der Waals surface area contributed by atoms with Crippen molar-refractivity contribution in [2.75, 3.05) is 19.6 Å². The van der Waals surface area contributed by atoms with E-state index in [0.29, 0.717) is 18.1 Å². The first kappa shape index (κ1) is 17.6. The summed E-state index contributed by atoms with van der Waals surface area (Å²) in [6, 6.07) is 7.58. The van der Waals surface area contributed by atoms with Crippen LogP contribution in [0.2, 0.25) is 5.02 Å². The van der Waals surface area contributed by atoms with Gasteiger partial charge in [0, 0.05) is 30.6 Å². The van der Waals surface area contributed by atoms with Gasteiger partial charge in [0.2, 0.25) is 5.91 Å². The molecule has 1 atom stereocenters. The van der Waals surface area contributed by atoms with Gasteiger partial charge in [0.25, 0.3) is 0 Å². The average Bonchev–Trinajstić information content (AvgIpc) is 3.00. The Labute approximate surface area is 142 Å². The second-order valence-electron chi connectivity index (χ2n) is 6.05. The lowest BCUT2D eigenvalue weighted by molar-refractivity contribution is -0.123. The fourth-order valence-electron chi connectivity index (χ4n) is 2.74. The van der Waals surface area contributed by atoms with Gasteiger partial charge < -0.3 is 15.5 Å². The molecule has 0 aliphatic carbocycles. The molecule has 0 radical (unpaired) electrons. The third kappa shape index (κ3) is 4.61. The Kier molecular flexibility index (Phi) is 6.28. The number of hydrogen-bond acceptors (Lipinski definition) is 2. The van der Waals surface area contributed by atoms with E-state index in [2.05, 4.69) is 10.6 Å². The molecule has 6 heteroatoms. The number of benzene rings is 1. The van der Waals surface area contributed by atoms with Crippen molar-refractivity contribution in [3.63, 3.8) is 0 Å². The zero-order chi connectivity index (χ0) is 16.8. The number of carbonyl (C=O) groups is 2. The predicted octanol–water partition coefficient (Wildman–Crippen LogP) is 2.96. The number of amides is 3. The molecule has 0 spiro atoms. The van der Waals surface area contributed by atoms with Crippen LogP contribution in [0.4, 0.5) is 4.79 Å². The smallest absolute Gasteiger partial charge is 0.317 e. The van der Waals surface area contributed by atoms with E-state index in [1.165, 1.54) is 0 Å². The molecule has 1 aliphatic rings. The largest absolute Gasteiger partial charge is 0.354 e. The zero-order valence-electron chi connectivity index (χ0n) is 13.6. The van der Waals surface area contributed by atoms with Crippen molar-refractivity contribution in [3.05, 3.63) is 34.9 Å². The van der Waals surface area contributed by atoms with Gasteiger partial charge >= 0.3 is 6.03 Å². The third-order valence-electron chi connectivity index (χ3n) is 4.00. The van der Waals surface area contributed by atoms with Crippen molar-refractivity contribution >= 4 is 23.5 Å². The lowest BCUT2D eigenvalue weighted by Crippen LogP contribution is -2.43. The topological polar surface area (TPSA) is 61.4 Å². The highest BCUT2D eigenvalue weighted by Gasteiger charge is 2.30. The van der Waals surface area contributed by atoms with E-state index in [0.717, 1.165) is 24.9 Å². The van der Waals surface area contributed by atoms with Crippen molar-refractivity contribution in [2.45, 2.75) is 32.7 Å². The van der Waals surface area contributed by atoms with E-state index in [-0.39, 0.29) is 23.9 Å². The van der Waals surface area contributed by atoms with Crippen molar-refractivity contribution in [1.82, 2.24) is 15.5 Å². The summed E-state index contributed by atoms with van der Waals surface area (Å²) in [5, 5.41) is 6.35. The Morgan fingerprint density at radius 1 is 1.26 bits per heavy atom. The molecule has 1 fully saturated rings. The number of hydrogen-bond donors (Lipinski definition) is 2. The maximum Gasteiger partial charge on any atom is 0.317 e. The van der Waals surface area contributed by atoms with Crippen LogP contribution in [0.1, 0.15) is 38.3 Å². The molecule has 1 aromatic rings. The molecular weight excluding hydrogens is 314 g/mol. The van der Waals surface area contributed by atoms with E-state index < -0.39 is 0 Å². The molecule has 0 aromatic heterocycles. The molecule has 0 saturated carbocycles. The number of nitrogens with zero attached hydrogens (tertiary/aromatic N) is 1. The summed E-state index contributed by atoms with van der Waals surface area (Å²) < 4.78 is 0. The van der Waals surface area contributed by atoms with Crippen LogP contribution in [0, 0.1) is 5.92 Å². The normalized spacial score (nSPS) is 17.4. The molecule has 126 valence electrons. The van der Waals surface area contributed by atoms with Gasteiger partial charge in [0.05, 0.1) is 6.04 Å². The molecule has 1 aromatic carbocycles. The van der Waals surface area contributed by atoms with E-state index in [1.807, 2.05) is 43.0 Å². The molecule has 23 heavy (non-hydrogen) atoms. The fourth-order valence-corrected chi connectivity index (χ4v) is 3.00. The van der Waals surface area contributed by atoms with Gasteiger partial charge in [-0.05, 0) is 24.5 Å². The fraction of sp³-hybridized carbons (Fsp3) is 0.529. The van der Waals surface area contributed by atoms with Crippen LogP contribution in [-0.4, -0.2) is 36.5 Å². The van der Waals surface area contributed by atoms with Gasteiger partial charge in [-0.15, -0.1) is 0 Å². The maximum atomic E-state index is 12.4. The van der Waals surface area contributed by atoms with Crippen LogP contribution in [0.3, 0.4) is 0 Å². The summed E-state index contributed by atoms with van der Waals surface area (Å²) in [7, 11) is 0. The van der Waals surface area contributed by atoms with Crippen molar-refractivity contribution < 1.29 is 9.59 Å². The second kappa shape index (κ2) is 8.20. The number of halogens is 1. The first-order chi connectivity index (χ1) is 11.0. The van der Waals surface area contributed by atoms with Gasteiger partial charge in [-0.3, -0.25) is 4.79 Å². The van der Waals surface area contributed by atoms with E-state index in [4.69, 9.17) is 11.6 Å². The predicted molar refractivity (Wildman–Crippen MR) is 91.4 cm³/mol. The van der Waals surface area contributed by atoms with Crippen LogP contribution in [0.25, 0.3) is 0 Å². The Bertz CT molecular complexity index is 563. The Balaban J connectivity index is 1.86. The Morgan fingerprint density at radius 3 is 2.65 bits per heavy atom. The minimum atomic E-state index is -0.105. The maximum absolute atomic E-state index is 12.4. The molecular formula is C17H24ClN3O2. The number of likely N-dealkylation sites (tertiary alicyclic amines) is 1. The van der Waals surface area contributed by atoms with Gasteiger partial charge in [-0.1, -0.05) is 43.6 Å². The monoisotopic (exact) mass is 337 g/mol. The number of carbonyl (C=O) groups excluding carboxylic acids is 2. The SMILES string of the molecule is CC(C)C(=O)NCCNC(=O)N1CCC[C@@H]1c1ccccc1Cl. The molecule has 1 heterocycles. The quantitative estimate of drug-likeness (QED) is 0.811. The van der Waals surface area contributed by atoms with Crippen molar-refractivity contribution in [2.24, 2.45) is 5.92 Å². The molecule has 5 nitrogen and oxygen atoms in total. The first-order valence-corrected chi connectivity index (χ1v) is 8.45. The van der Waals surface area contributed by atoms with Crippen LogP contribution < -0.4 is 10.6 Å². The van der Waals surface area contributed by atoms with Gasteiger partial charge in [0.15, 0.2) is 0 Å². The van der Waals surface area contributed by atoms with Crippen molar-refractivity contribution in [3.8, 4) is 0 Å². The minimum absolute atomic E-state index is 0.00522. The highest BCUT2D eigenvalue weighted by atomic mass is 35.5. The van der Waals surface area contributed by atoms with Crippen LogP contribution >= 0.6 is 11.6 Å². The molecule has 1 aliphatic heterocycles. The number of nitrogens with one attached hydrogen (secondary N) is 2. The summed E-state index contributed by atoms with van der Waals surface area (Å²) in [4.78, 5) is 25.7. The minimum Gasteiger partial charge on any atom is -0.354 e. The molecule has 0 bridgehead atoms. The van der Waals surface area contributed by atoms with E-state index >= 15 is 0 Å². The summed E-state index contributed by atoms with van der Waals surface area (Å²) in [6.07, 6.45) is 1.88. The summed E-state index contributed by atoms with van der Waals surface area (Å²) in [5.74, 6) is -0.0525. The molecule has 2 rings (SSSR count). The molecule has 1 saturated heterocycles. The molecule has 0 unspecified atom stereocenters.